The molecule has 1 aliphatic rings. The Hall–Kier alpha value is -2.37. The fourth-order valence-corrected chi connectivity index (χ4v) is 3.17. The standard InChI is InChI=1S/C19H17ClFN3O/c20-15-4-5-18-17(10-15)14(11-22-18)6-7-24-12-23-19(25-24)9-13-2-1-3-16(21)8-13/h1-5,8,10-11,22H,6-7,9,12H2. The summed E-state index contributed by atoms with van der Waals surface area (Å²) in [4.78, 5) is 13.4. The number of hydroxylamine groups is 2. The Kier molecular flexibility index (Phi) is 4.42. The van der Waals surface area contributed by atoms with Crippen molar-refractivity contribution in [3.05, 3.63) is 70.6 Å². The molecule has 0 saturated heterocycles. The average molecular weight is 358 g/mol. The average Bonchev–Trinajstić information content (AvgIpc) is 3.19. The highest BCUT2D eigenvalue weighted by molar-refractivity contribution is 6.31. The molecule has 1 N–H and O–H groups in total. The van der Waals surface area contributed by atoms with Gasteiger partial charge in [0.2, 0.25) is 5.90 Å². The Bertz CT molecular complexity index is 937. The minimum atomic E-state index is -0.244. The topological polar surface area (TPSA) is 40.6 Å². The van der Waals surface area contributed by atoms with Crippen molar-refractivity contribution in [1.29, 1.82) is 0 Å². The van der Waals surface area contributed by atoms with E-state index in [1.54, 1.807) is 6.07 Å². The number of aromatic nitrogens is 1. The maximum Gasteiger partial charge on any atom is 0.215 e. The van der Waals surface area contributed by atoms with Crippen LogP contribution in [0.1, 0.15) is 11.1 Å². The molecule has 25 heavy (non-hydrogen) atoms. The number of aromatic amines is 1. The van der Waals surface area contributed by atoms with Gasteiger partial charge in [0.1, 0.15) is 12.5 Å². The molecule has 3 aromatic rings. The maximum absolute atomic E-state index is 13.2. The van der Waals surface area contributed by atoms with Crippen LogP contribution in [0.25, 0.3) is 10.9 Å². The van der Waals surface area contributed by atoms with Crippen molar-refractivity contribution in [2.24, 2.45) is 4.99 Å². The van der Waals surface area contributed by atoms with E-state index in [1.807, 2.05) is 35.5 Å². The third kappa shape index (κ3) is 3.67. The van der Waals surface area contributed by atoms with Crippen molar-refractivity contribution in [3.63, 3.8) is 0 Å². The van der Waals surface area contributed by atoms with Crippen LogP contribution in [0.4, 0.5) is 4.39 Å². The molecule has 1 aliphatic heterocycles. The maximum atomic E-state index is 13.2. The number of H-pyrrole nitrogens is 1. The molecule has 0 aliphatic carbocycles. The number of nitrogens with one attached hydrogen (secondary N) is 1. The summed E-state index contributed by atoms with van der Waals surface area (Å²) in [6, 6.07) is 12.3. The fraction of sp³-hybridized carbons (Fsp3) is 0.211. The molecule has 2 aromatic carbocycles. The van der Waals surface area contributed by atoms with E-state index in [2.05, 4.69) is 9.98 Å². The first-order valence-electron chi connectivity index (χ1n) is 8.13. The Labute approximate surface area is 149 Å². The van der Waals surface area contributed by atoms with Crippen LogP contribution < -0.4 is 0 Å². The molecule has 0 unspecified atom stereocenters. The zero-order valence-corrected chi connectivity index (χ0v) is 14.3. The second-order valence-electron chi connectivity index (χ2n) is 6.05. The van der Waals surface area contributed by atoms with Crippen LogP contribution in [0.2, 0.25) is 5.02 Å². The highest BCUT2D eigenvalue weighted by Crippen LogP contribution is 2.23. The van der Waals surface area contributed by atoms with Crippen LogP contribution in [0.15, 0.2) is 53.7 Å². The van der Waals surface area contributed by atoms with Crippen molar-refractivity contribution in [1.82, 2.24) is 10.0 Å². The lowest BCUT2D eigenvalue weighted by Gasteiger charge is -2.14. The van der Waals surface area contributed by atoms with Crippen LogP contribution in [0.5, 0.6) is 0 Å². The van der Waals surface area contributed by atoms with Gasteiger partial charge in [-0.25, -0.2) is 9.38 Å². The first kappa shape index (κ1) is 16.1. The molecule has 1 aromatic heterocycles. The molecule has 0 atom stereocenters. The van der Waals surface area contributed by atoms with Gasteiger partial charge in [-0.3, -0.25) is 0 Å². The Balaban J connectivity index is 1.35. The third-order valence-electron chi connectivity index (χ3n) is 4.24. The molecule has 0 saturated carbocycles. The van der Waals surface area contributed by atoms with Gasteiger partial charge in [0.05, 0.1) is 6.42 Å². The van der Waals surface area contributed by atoms with E-state index in [9.17, 15) is 4.39 Å². The van der Waals surface area contributed by atoms with E-state index in [0.717, 1.165) is 34.5 Å². The van der Waals surface area contributed by atoms with E-state index >= 15 is 0 Å². The molecule has 0 amide bonds. The molecule has 0 spiro atoms. The van der Waals surface area contributed by atoms with Gasteiger partial charge < -0.3 is 9.82 Å². The lowest BCUT2D eigenvalue weighted by Crippen LogP contribution is -2.24. The van der Waals surface area contributed by atoms with Gasteiger partial charge in [-0.2, -0.15) is 0 Å². The van der Waals surface area contributed by atoms with Gasteiger partial charge in [0.15, 0.2) is 0 Å². The molecular weight excluding hydrogens is 341 g/mol. The Morgan fingerprint density at radius 3 is 3.04 bits per heavy atom. The second kappa shape index (κ2) is 6.86. The largest absolute Gasteiger partial charge is 0.388 e. The SMILES string of the molecule is Fc1cccc(CC2=NCN(CCc3c[nH]c4ccc(Cl)cc34)O2)c1. The van der Waals surface area contributed by atoms with Gasteiger partial charge in [-0.1, -0.05) is 23.7 Å². The minimum absolute atomic E-state index is 0.244. The fourth-order valence-electron chi connectivity index (χ4n) is 2.99. The zero-order valence-electron chi connectivity index (χ0n) is 13.5. The summed E-state index contributed by atoms with van der Waals surface area (Å²) in [5.41, 5.74) is 3.12. The van der Waals surface area contributed by atoms with E-state index < -0.39 is 0 Å². The zero-order chi connectivity index (χ0) is 17.2. The van der Waals surface area contributed by atoms with Gasteiger partial charge >= 0.3 is 0 Å². The Morgan fingerprint density at radius 1 is 1.24 bits per heavy atom. The number of halogens is 2. The molecule has 128 valence electrons. The van der Waals surface area contributed by atoms with Crippen molar-refractivity contribution in [2.75, 3.05) is 13.2 Å². The predicted octanol–water partition coefficient (Wildman–Crippen LogP) is 4.35. The second-order valence-corrected chi connectivity index (χ2v) is 6.49. The number of fused-ring (bicyclic) bond motifs is 1. The van der Waals surface area contributed by atoms with E-state index in [-0.39, 0.29) is 5.82 Å². The summed E-state index contributed by atoms with van der Waals surface area (Å²) in [5.74, 6) is 0.374. The van der Waals surface area contributed by atoms with Gasteiger partial charge in [-0.05, 0) is 47.9 Å². The van der Waals surface area contributed by atoms with Crippen molar-refractivity contribution < 1.29 is 9.23 Å². The number of rotatable bonds is 5. The molecule has 0 fully saturated rings. The molecule has 4 rings (SSSR count). The minimum Gasteiger partial charge on any atom is -0.388 e. The normalized spacial score (nSPS) is 14.7. The molecule has 4 nitrogen and oxygen atoms in total. The quantitative estimate of drug-likeness (QED) is 0.737. The number of hydrogen-bond donors (Lipinski definition) is 1. The summed E-state index contributed by atoms with van der Waals surface area (Å²) < 4.78 is 13.2. The molecular formula is C19H17ClFN3O. The molecule has 0 radical (unpaired) electrons. The monoisotopic (exact) mass is 357 g/mol. The summed E-state index contributed by atoms with van der Waals surface area (Å²) in [5, 5.41) is 3.68. The van der Waals surface area contributed by atoms with Crippen LogP contribution in [-0.4, -0.2) is 29.2 Å². The van der Waals surface area contributed by atoms with E-state index in [1.165, 1.54) is 17.7 Å². The number of hydrogen-bond acceptors (Lipinski definition) is 3. The van der Waals surface area contributed by atoms with Gasteiger partial charge in [-0.15, -0.1) is 5.06 Å². The lowest BCUT2D eigenvalue weighted by atomic mass is 10.1. The van der Waals surface area contributed by atoms with Crippen LogP contribution in [0, 0.1) is 5.82 Å². The first-order chi connectivity index (χ1) is 12.2. The number of nitrogens with zero attached hydrogens (tertiary/aromatic N) is 2. The van der Waals surface area contributed by atoms with Gasteiger partial charge in [0.25, 0.3) is 0 Å². The number of aliphatic imine (C=N–C) groups is 1. The summed E-state index contributed by atoms with van der Waals surface area (Å²) in [6.45, 7) is 1.21. The van der Waals surface area contributed by atoms with Crippen molar-refractivity contribution in [3.8, 4) is 0 Å². The molecule has 0 bridgehead atoms. The van der Waals surface area contributed by atoms with Crippen molar-refractivity contribution in [2.45, 2.75) is 12.8 Å². The predicted molar refractivity (Wildman–Crippen MR) is 97.2 cm³/mol. The number of benzene rings is 2. The highest BCUT2D eigenvalue weighted by Gasteiger charge is 2.18. The van der Waals surface area contributed by atoms with Crippen LogP contribution in [0.3, 0.4) is 0 Å². The van der Waals surface area contributed by atoms with Gasteiger partial charge in [0, 0.05) is 28.7 Å². The summed E-state index contributed by atoms with van der Waals surface area (Å²) in [6.07, 6.45) is 3.33. The Morgan fingerprint density at radius 2 is 2.16 bits per heavy atom. The van der Waals surface area contributed by atoms with Crippen LogP contribution >= 0.6 is 11.6 Å². The van der Waals surface area contributed by atoms with E-state index in [0.29, 0.717) is 19.0 Å². The molecule has 2 heterocycles. The van der Waals surface area contributed by atoms with Crippen LogP contribution in [-0.2, 0) is 17.7 Å². The van der Waals surface area contributed by atoms with E-state index in [4.69, 9.17) is 16.4 Å². The summed E-state index contributed by atoms with van der Waals surface area (Å²) >= 11 is 6.09. The lowest BCUT2D eigenvalue weighted by molar-refractivity contribution is -0.0492. The molecule has 6 heteroatoms. The summed E-state index contributed by atoms with van der Waals surface area (Å²) in [7, 11) is 0. The smallest absolute Gasteiger partial charge is 0.215 e. The highest BCUT2D eigenvalue weighted by atomic mass is 35.5. The third-order valence-corrected chi connectivity index (χ3v) is 4.48. The van der Waals surface area contributed by atoms with Crippen molar-refractivity contribution >= 4 is 28.4 Å². The first-order valence-corrected chi connectivity index (χ1v) is 8.51.